The third-order valence-electron chi connectivity index (χ3n) is 3.19. The fourth-order valence-corrected chi connectivity index (χ4v) is 2.20. The maximum absolute atomic E-state index is 5.94. The van der Waals surface area contributed by atoms with Crippen LogP contribution in [0.4, 0.5) is 0 Å². The molecule has 2 nitrogen and oxygen atoms in total. The van der Waals surface area contributed by atoms with Gasteiger partial charge in [0.25, 0.3) is 0 Å². The Hall–Kier alpha value is -2.06. The van der Waals surface area contributed by atoms with Gasteiger partial charge in [0.15, 0.2) is 0 Å². The summed E-state index contributed by atoms with van der Waals surface area (Å²) < 4.78 is 5.94. The zero-order valence-corrected chi connectivity index (χ0v) is 10.3. The van der Waals surface area contributed by atoms with Gasteiger partial charge in [0.1, 0.15) is 11.3 Å². The predicted molar refractivity (Wildman–Crippen MR) is 74.3 cm³/mol. The Kier molecular flexibility index (Phi) is 2.65. The molecule has 0 spiro atoms. The van der Waals surface area contributed by atoms with Crippen LogP contribution in [0, 0.1) is 6.92 Å². The fraction of sp³-hybridized carbons (Fsp3) is 0.125. The average molecular weight is 237 g/mol. The Morgan fingerprint density at radius 1 is 1.06 bits per heavy atom. The summed E-state index contributed by atoms with van der Waals surface area (Å²) in [5.74, 6) is 0.898. The molecule has 2 N–H and O–H groups in total. The van der Waals surface area contributed by atoms with Crippen LogP contribution in [0.5, 0.6) is 0 Å². The van der Waals surface area contributed by atoms with Crippen LogP contribution in [0.25, 0.3) is 22.3 Å². The molecule has 2 aromatic carbocycles. The largest absolute Gasteiger partial charge is 0.456 e. The summed E-state index contributed by atoms with van der Waals surface area (Å²) in [6.07, 6.45) is 0. The van der Waals surface area contributed by atoms with Crippen molar-refractivity contribution in [1.29, 1.82) is 0 Å². The highest BCUT2D eigenvalue weighted by Crippen LogP contribution is 2.29. The van der Waals surface area contributed by atoms with Crippen LogP contribution in [-0.4, -0.2) is 0 Å². The van der Waals surface area contributed by atoms with Gasteiger partial charge in [0.05, 0.1) is 0 Å². The topological polar surface area (TPSA) is 39.2 Å². The summed E-state index contributed by atoms with van der Waals surface area (Å²) in [4.78, 5) is 0. The number of nitrogens with two attached hydrogens (primary N) is 1. The van der Waals surface area contributed by atoms with Crippen LogP contribution < -0.4 is 5.73 Å². The van der Waals surface area contributed by atoms with E-state index in [1.807, 2.05) is 24.3 Å². The number of benzene rings is 2. The predicted octanol–water partition coefficient (Wildman–Crippen LogP) is 3.87. The number of fused-ring (bicyclic) bond motifs is 1. The lowest BCUT2D eigenvalue weighted by atomic mass is 10.1. The third kappa shape index (κ3) is 1.81. The van der Waals surface area contributed by atoms with E-state index in [1.165, 1.54) is 0 Å². The first-order valence-corrected chi connectivity index (χ1v) is 6.06. The molecule has 0 atom stereocenters. The smallest absolute Gasteiger partial charge is 0.137 e. The second kappa shape index (κ2) is 4.31. The normalized spacial score (nSPS) is 11.0. The molecule has 18 heavy (non-hydrogen) atoms. The van der Waals surface area contributed by atoms with Gasteiger partial charge in [-0.3, -0.25) is 0 Å². The Labute approximate surface area is 106 Å². The number of furan rings is 1. The summed E-state index contributed by atoms with van der Waals surface area (Å²) in [5.41, 5.74) is 9.98. The minimum atomic E-state index is 0.549. The molecule has 0 fully saturated rings. The number of hydrogen-bond acceptors (Lipinski definition) is 2. The molecule has 0 saturated carbocycles. The van der Waals surface area contributed by atoms with E-state index >= 15 is 0 Å². The van der Waals surface area contributed by atoms with E-state index in [9.17, 15) is 0 Å². The van der Waals surface area contributed by atoms with Gasteiger partial charge in [-0.05, 0) is 30.2 Å². The second-order valence-electron chi connectivity index (χ2n) is 4.51. The second-order valence-corrected chi connectivity index (χ2v) is 4.51. The summed E-state index contributed by atoms with van der Waals surface area (Å²) in [5, 5.41) is 1.14. The zero-order valence-electron chi connectivity index (χ0n) is 10.3. The van der Waals surface area contributed by atoms with E-state index in [2.05, 4.69) is 31.2 Å². The number of rotatable bonds is 2. The van der Waals surface area contributed by atoms with Gasteiger partial charge in [-0.25, -0.2) is 0 Å². The van der Waals surface area contributed by atoms with Gasteiger partial charge in [0, 0.05) is 17.5 Å². The van der Waals surface area contributed by atoms with Gasteiger partial charge in [-0.2, -0.15) is 0 Å². The van der Waals surface area contributed by atoms with Crippen LogP contribution in [0.1, 0.15) is 11.1 Å². The number of hydrogen-bond donors (Lipinski definition) is 1. The summed E-state index contributed by atoms with van der Waals surface area (Å²) in [6.45, 7) is 2.61. The first-order valence-electron chi connectivity index (χ1n) is 6.06. The highest BCUT2D eigenvalue weighted by Gasteiger charge is 2.07. The first kappa shape index (κ1) is 11.1. The van der Waals surface area contributed by atoms with Crippen LogP contribution >= 0.6 is 0 Å². The average Bonchev–Trinajstić information content (AvgIpc) is 2.84. The Morgan fingerprint density at radius 2 is 1.89 bits per heavy atom. The van der Waals surface area contributed by atoms with Crippen molar-refractivity contribution in [3.63, 3.8) is 0 Å². The standard InChI is InChI=1S/C16H15NO/c1-11-4-2-7-14-9-15(18-16(11)14)13-6-3-5-12(8-13)10-17/h2-9H,10,17H2,1H3. The lowest BCUT2D eigenvalue weighted by Gasteiger charge is -2.00. The van der Waals surface area contributed by atoms with E-state index in [0.717, 1.165) is 33.4 Å². The minimum Gasteiger partial charge on any atom is -0.456 e. The lowest BCUT2D eigenvalue weighted by molar-refractivity contribution is 0.629. The lowest BCUT2D eigenvalue weighted by Crippen LogP contribution is -1.95. The van der Waals surface area contributed by atoms with Crippen molar-refractivity contribution in [2.45, 2.75) is 13.5 Å². The maximum Gasteiger partial charge on any atom is 0.137 e. The molecular formula is C16H15NO. The summed E-state index contributed by atoms with van der Waals surface area (Å²) >= 11 is 0. The van der Waals surface area contributed by atoms with Crippen molar-refractivity contribution in [2.75, 3.05) is 0 Å². The van der Waals surface area contributed by atoms with Crippen LogP contribution in [0.15, 0.2) is 52.9 Å². The zero-order chi connectivity index (χ0) is 12.5. The number of aryl methyl sites for hydroxylation is 1. The highest BCUT2D eigenvalue weighted by molar-refractivity contribution is 5.85. The van der Waals surface area contributed by atoms with E-state index in [4.69, 9.17) is 10.2 Å². The number of para-hydroxylation sites is 1. The summed E-state index contributed by atoms with van der Waals surface area (Å²) in [7, 11) is 0. The van der Waals surface area contributed by atoms with Gasteiger partial charge < -0.3 is 10.2 Å². The molecule has 90 valence electrons. The Morgan fingerprint density at radius 3 is 2.67 bits per heavy atom. The SMILES string of the molecule is Cc1cccc2cc(-c3cccc(CN)c3)oc12. The van der Waals surface area contributed by atoms with Crippen molar-refractivity contribution >= 4 is 11.0 Å². The van der Waals surface area contributed by atoms with Gasteiger partial charge in [-0.15, -0.1) is 0 Å². The van der Waals surface area contributed by atoms with Crippen molar-refractivity contribution < 1.29 is 4.42 Å². The molecule has 0 bridgehead atoms. The van der Waals surface area contributed by atoms with Crippen LogP contribution in [0.2, 0.25) is 0 Å². The van der Waals surface area contributed by atoms with Crippen LogP contribution in [-0.2, 0) is 6.54 Å². The van der Waals surface area contributed by atoms with Gasteiger partial charge >= 0.3 is 0 Å². The molecule has 0 amide bonds. The molecule has 3 aromatic rings. The van der Waals surface area contributed by atoms with Crippen molar-refractivity contribution in [2.24, 2.45) is 5.73 Å². The van der Waals surface area contributed by atoms with Gasteiger partial charge in [-0.1, -0.05) is 36.4 Å². The van der Waals surface area contributed by atoms with E-state index < -0.39 is 0 Å². The molecule has 3 rings (SSSR count). The Bertz CT molecular complexity index is 697. The maximum atomic E-state index is 5.94. The minimum absolute atomic E-state index is 0.549. The molecule has 0 unspecified atom stereocenters. The van der Waals surface area contributed by atoms with E-state index in [1.54, 1.807) is 0 Å². The molecule has 0 aliphatic rings. The summed E-state index contributed by atoms with van der Waals surface area (Å²) in [6, 6.07) is 16.4. The van der Waals surface area contributed by atoms with Crippen molar-refractivity contribution in [3.8, 4) is 11.3 Å². The van der Waals surface area contributed by atoms with E-state index in [-0.39, 0.29) is 0 Å². The Balaban J connectivity index is 2.16. The molecular weight excluding hydrogens is 222 g/mol. The molecule has 2 heteroatoms. The fourth-order valence-electron chi connectivity index (χ4n) is 2.20. The molecule has 1 heterocycles. The molecule has 0 saturated heterocycles. The van der Waals surface area contributed by atoms with E-state index in [0.29, 0.717) is 6.54 Å². The monoisotopic (exact) mass is 237 g/mol. The molecule has 0 aliphatic heterocycles. The molecule has 1 aromatic heterocycles. The molecule has 0 radical (unpaired) electrons. The van der Waals surface area contributed by atoms with Crippen molar-refractivity contribution in [3.05, 3.63) is 59.7 Å². The van der Waals surface area contributed by atoms with Gasteiger partial charge in [0.2, 0.25) is 0 Å². The first-order chi connectivity index (χ1) is 8.78. The quantitative estimate of drug-likeness (QED) is 0.735. The highest BCUT2D eigenvalue weighted by atomic mass is 16.3. The van der Waals surface area contributed by atoms with Crippen molar-refractivity contribution in [1.82, 2.24) is 0 Å². The van der Waals surface area contributed by atoms with Crippen LogP contribution in [0.3, 0.4) is 0 Å². The molecule has 0 aliphatic carbocycles. The third-order valence-corrected chi connectivity index (χ3v) is 3.19.